The van der Waals surface area contributed by atoms with E-state index in [4.69, 9.17) is 5.10 Å². The van der Waals surface area contributed by atoms with Crippen molar-refractivity contribution in [3.8, 4) is 5.75 Å². The SMILES string of the molecule is CC(C)(C)c1cc([C@H]2CC(c3ccccc3)=NN2c2ccccc2)cc(C(C)(C)C)c1O. The van der Waals surface area contributed by atoms with Gasteiger partial charge in [0.1, 0.15) is 5.75 Å². The van der Waals surface area contributed by atoms with Gasteiger partial charge < -0.3 is 5.11 Å². The molecular formula is C29H34N2O. The van der Waals surface area contributed by atoms with Crippen LogP contribution in [0.15, 0.2) is 77.9 Å². The lowest BCUT2D eigenvalue weighted by Gasteiger charge is -2.31. The molecule has 1 heterocycles. The predicted molar refractivity (Wildman–Crippen MR) is 135 cm³/mol. The molecule has 1 atom stereocenters. The zero-order valence-electron chi connectivity index (χ0n) is 20.1. The molecular weight excluding hydrogens is 392 g/mol. The Hall–Kier alpha value is -3.07. The topological polar surface area (TPSA) is 35.8 Å². The molecule has 0 bridgehead atoms. The van der Waals surface area contributed by atoms with Crippen molar-refractivity contribution in [2.24, 2.45) is 5.10 Å². The van der Waals surface area contributed by atoms with Crippen molar-refractivity contribution in [3.63, 3.8) is 0 Å². The summed E-state index contributed by atoms with van der Waals surface area (Å²) in [5, 5.41) is 18.4. The van der Waals surface area contributed by atoms with Crippen LogP contribution in [0, 0.1) is 0 Å². The monoisotopic (exact) mass is 426 g/mol. The number of benzene rings is 3. The standard InChI is InChI=1S/C29H34N2O/c1-28(2,3)23-17-21(18-24(27(23)32)29(4,5)6)26-19-25(20-13-9-7-10-14-20)30-31(26)22-15-11-8-12-16-22/h7-18,26,32H,19H2,1-6H3/t26-/m1/s1. The van der Waals surface area contributed by atoms with Gasteiger partial charge >= 0.3 is 0 Å². The maximum atomic E-state index is 11.2. The molecule has 0 aromatic heterocycles. The largest absolute Gasteiger partial charge is 0.507 e. The van der Waals surface area contributed by atoms with Gasteiger partial charge in [-0.1, -0.05) is 90.1 Å². The molecule has 1 aliphatic heterocycles. The Morgan fingerprint density at radius 1 is 0.781 bits per heavy atom. The summed E-state index contributed by atoms with van der Waals surface area (Å²) < 4.78 is 0. The Balaban J connectivity index is 1.87. The van der Waals surface area contributed by atoms with E-state index in [0.717, 1.165) is 34.5 Å². The van der Waals surface area contributed by atoms with Gasteiger partial charge in [0, 0.05) is 6.42 Å². The number of nitrogens with zero attached hydrogens (tertiary/aromatic N) is 2. The summed E-state index contributed by atoms with van der Waals surface area (Å²) in [4.78, 5) is 0. The highest BCUT2D eigenvalue weighted by Gasteiger charge is 2.33. The maximum absolute atomic E-state index is 11.2. The minimum Gasteiger partial charge on any atom is -0.507 e. The van der Waals surface area contributed by atoms with Crippen LogP contribution >= 0.6 is 0 Å². The fourth-order valence-corrected chi connectivity index (χ4v) is 4.39. The van der Waals surface area contributed by atoms with Crippen molar-refractivity contribution in [2.75, 3.05) is 5.01 Å². The summed E-state index contributed by atoms with van der Waals surface area (Å²) in [6.07, 6.45) is 0.816. The summed E-state index contributed by atoms with van der Waals surface area (Å²) in [6, 6.07) is 25.2. The van der Waals surface area contributed by atoms with Crippen LogP contribution in [0.5, 0.6) is 5.75 Å². The summed E-state index contributed by atoms with van der Waals surface area (Å²) in [7, 11) is 0. The molecule has 166 valence electrons. The molecule has 0 unspecified atom stereocenters. The van der Waals surface area contributed by atoms with Crippen molar-refractivity contribution >= 4 is 11.4 Å². The third-order valence-electron chi connectivity index (χ3n) is 6.17. The maximum Gasteiger partial charge on any atom is 0.123 e. The predicted octanol–water partition coefficient (Wildman–Crippen LogP) is 7.34. The molecule has 0 saturated carbocycles. The number of hydrazone groups is 1. The second-order valence-electron chi connectivity index (χ2n) is 10.8. The van der Waals surface area contributed by atoms with Crippen LogP contribution in [0.3, 0.4) is 0 Å². The summed E-state index contributed by atoms with van der Waals surface area (Å²) in [6.45, 7) is 13.0. The van der Waals surface area contributed by atoms with Crippen LogP contribution in [0.2, 0.25) is 0 Å². The first-order valence-electron chi connectivity index (χ1n) is 11.4. The first-order valence-corrected chi connectivity index (χ1v) is 11.4. The normalized spacial score (nSPS) is 16.9. The number of phenols is 1. The molecule has 1 aliphatic rings. The highest BCUT2D eigenvalue weighted by atomic mass is 16.3. The number of anilines is 1. The van der Waals surface area contributed by atoms with Crippen LogP contribution in [0.4, 0.5) is 5.69 Å². The fourth-order valence-electron chi connectivity index (χ4n) is 4.39. The third-order valence-corrected chi connectivity index (χ3v) is 6.17. The minimum absolute atomic E-state index is 0.0652. The number of hydrogen-bond donors (Lipinski definition) is 1. The van der Waals surface area contributed by atoms with Crippen molar-refractivity contribution in [3.05, 3.63) is 95.1 Å². The lowest BCUT2D eigenvalue weighted by Crippen LogP contribution is -2.22. The third kappa shape index (κ3) is 4.29. The van der Waals surface area contributed by atoms with Crippen LogP contribution in [-0.4, -0.2) is 10.8 Å². The average molecular weight is 427 g/mol. The number of para-hydroxylation sites is 1. The molecule has 0 fully saturated rings. The Labute approximate surface area is 192 Å². The second-order valence-corrected chi connectivity index (χ2v) is 10.8. The minimum atomic E-state index is -0.167. The molecule has 0 radical (unpaired) electrons. The van der Waals surface area contributed by atoms with Crippen LogP contribution < -0.4 is 5.01 Å². The smallest absolute Gasteiger partial charge is 0.123 e. The second kappa shape index (κ2) is 8.12. The number of rotatable bonds is 3. The van der Waals surface area contributed by atoms with Gasteiger partial charge in [-0.05, 0) is 57.3 Å². The van der Waals surface area contributed by atoms with E-state index in [-0.39, 0.29) is 16.9 Å². The zero-order chi connectivity index (χ0) is 23.1. The Morgan fingerprint density at radius 3 is 1.78 bits per heavy atom. The Bertz CT molecular complexity index is 1080. The molecule has 0 amide bonds. The van der Waals surface area contributed by atoms with Gasteiger partial charge in [0.05, 0.1) is 17.4 Å². The lowest BCUT2D eigenvalue weighted by atomic mass is 9.77. The van der Waals surface area contributed by atoms with Crippen molar-refractivity contribution in [1.82, 2.24) is 0 Å². The van der Waals surface area contributed by atoms with Crippen LogP contribution in [-0.2, 0) is 10.8 Å². The Kier molecular flexibility index (Phi) is 5.62. The zero-order valence-corrected chi connectivity index (χ0v) is 20.1. The van der Waals surface area contributed by atoms with Gasteiger partial charge in [-0.25, -0.2) is 0 Å². The van der Waals surface area contributed by atoms with E-state index in [1.165, 1.54) is 5.56 Å². The highest BCUT2D eigenvalue weighted by Crippen LogP contribution is 2.44. The molecule has 0 aliphatic carbocycles. The summed E-state index contributed by atoms with van der Waals surface area (Å²) >= 11 is 0. The lowest BCUT2D eigenvalue weighted by molar-refractivity contribution is 0.422. The van der Waals surface area contributed by atoms with Gasteiger partial charge in [0.2, 0.25) is 0 Å². The van der Waals surface area contributed by atoms with Crippen LogP contribution in [0.1, 0.15) is 76.3 Å². The average Bonchev–Trinajstić information content (AvgIpc) is 3.19. The molecule has 3 nitrogen and oxygen atoms in total. The molecule has 3 aromatic carbocycles. The quantitative estimate of drug-likeness (QED) is 0.475. The number of phenolic OH excluding ortho intramolecular Hbond substituents is 1. The van der Waals surface area contributed by atoms with Gasteiger partial charge in [-0.15, -0.1) is 0 Å². The van der Waals surface area contributed by atoms with Crippen molar-refractivity contribution < 1.29 is 5.11 Å². The number of aromatic hydroxyl groups is 1. The van der Waals surface area contributed by atoms with E-state index < -0.39 is 0 Å². The van der Waals surface area contributed by atoms with E-state index in [1.54, 1.807) is 0 Å². The molecule has 32 heavy (non-hydrogen) atoms. The van der Waals surface area contributed by atoms with Crippen LogP contribution in [0.25, 0.3) is 0 Å². The van der Waals surface area contributed by atoms with Crippen molar-refractivity contribution in [2.45, 2.75) is 64.8 Å². The van der Waals surface area contributed by atoms with Gasteiger partial charge in [-0.2, -0.15) is 5.10 Å². The molecule has 3 heteroatoms. The number of hydrogen-bond acceptors (Lipinski definition) is 3. The first-order chi connectivity index (χ1) is 15.1. The van der Waals surface area contributed by atoms with Gasteiger partial charge in [0.15, 0.2) is 0 Å². The molecule has 4 rings (SSSR count). The van der Waals surface area contributed by atoms with Crippen molar-refractivity contribution in [1.29, 1.82) is 0 Å². The van der Waals surface area contributed by atoms with Gasteiger partial charge in [0.25, 0.3) is 0 Å². The van der Waals surface area contributed by atoms with E-state index in [1.807, 2.05) is 12.1 Å². The van der Waals surface area contributed by atoms with E-state index in [2.05, 4.69) is 107 Å². The molecule has 0 spiro atoms. The highest BCUT2D eigenvalue weighted by molar-refractivity contribution is 6.03. The molecule has 3 aromatic rings. The fraction of sp³-hybridized carbons (Fsp3) is 0.345. The summed E-state index contributed by atoms with van der Waals surface area (Å²) in [5.74, 6) is 0.419. The summed E-state index contributed by atoms with van der Waals surface area (Å²) in [5.41, 5.74) is 6.15. The first kappa shape index (κ1) is 22.1. The van der Waals surface area contributed by atoms with E-state index >= 15 is 0 Å². The Morgan fingerprint density at radius 2 is 1.28 bits per heavy atom. The molecule has 0 saturated heterocycles. The van der Waals surface area contributed by atoms with E-state index in [0.29, 0.717) is 5.75 Å². The molecule has 1 N–H and O–H groups in total. The van der Waals surface area contributed by atoms with E-state index in [9.17, 15) is 5.11 Å². The van der Waals surface area contributed by atoms with Gasteiger partial charge in [-0.3, -0.25) is 5.01 Å².